The molecule has 1 aromatic heterocycles. The molecule has 23 heavy (non-hydrogen) atoms. The monoisotopic (exact) mass is 334 g/mol. The van der Waals surface area contributed by atoms with Crippen LogP contribution in [0.2, 0.25) is 5.02 Å². The Morgan fingerprint density at radius 3 is 2.83 bits per heavy atom. The number of nitrogens with one attached hydrogen (secondary N) is 1. The van der Waals surface area contributed by atoms with Crippen molar-refractivity contribution in [2.45, 2.75) is 6.42 Å². The van der Waals surface area contributed by atoms with E-state index in [0.717, 1.165) is 0 Å². The van der Waals surface area contributed by atoms with Crippen LogP contribution in [0.5, 0.6) is 5.75 Å². The molecule has 1 heterocycles. The molecule has 2 N–H and O–H groups in total. The van der Waals surface area contributed by atoms with Crippen LogP contribution in [-0.2, 0) is 9.53 Å². The van der Waals surface area contributed by atoms with Gasteiger partial charge in [0.15, 0.2) is 0 Å². The highest BCUT2D eigenvalue weighted by atomic mass is 35.5. The van der Waals surface area contributed by atoms with Crippen molar-refractivity contribution in [1.82, 2.24) is 10.3 Å². The Bertz CT molecular complexity index is 734. The molecule has 0 bridgehead atoms. The van der Waals surface area contributed by atoms with Gasteiger partial charge in [0, 0.05) is 23.3 Å². The molecule has 0 aliphatic rings. The second-order valence-corrected chi connectivity index (χ2v) is 5.11. The van der Waals surface area contributed by atoms with Crippen molar-refractivity contribution >= 4 is 23.5 Å². The highest BCUT2D eigenvalue weighted by Gasteiger charge is 2.11. The number of nitrogens with zero attached hydrogens (tertiary/aromatic N) is 1. The standard InChI is InChI=1S/C16H15ClN2O4/c1-23-15(21)5-7-19-16(22)13-8-10(4-6-18-13)12-9-11(17)2-3-14(12)20/h2-4,6,8-9,20H,5,7H2,1H3,(H,19,22). The third kappa shape index (κ3) is 4.43. The topological polar surface area (TPSA) is 88.5 Å². The van der Waals surface area contributed by atoms with E-state index in [-0.39, 0.29) is 24.4 Å². The Hall–Kier alpha value is -2.60. The summed E-state index contributed by atoms with van der Waals surface area (Å²) in [6.07, 6.45) is 1.54. The van der Waals surface area contributed by atoms with Crippen molar-refractivity contribution in [3.8, 4) is 16.9 Å². The van der Waals surface area contributed by atoms with Crippen LogP contribution in [0.1, 0.15) is 16.9 Å². The number of amides is 1. The maximum Gasteiger partial charge on any atom is 0.307 e. The predicted octanol–water partition coefficient (Wildman–Crippen LogP) is 2.40. The average Bonchev–Trinajstić information content (AvgIpc) is 2.56. The van der Waals surface area contributed by atoms with E-state index in [2.05, 4.69) is 15.0 Å². The summed E-state index contributed by atoms with van der Waals surface area (Å²) in [4.78, 5) is 27.0. The first-order valence-electron chi connectivity index (χ1n) is 6.81. The maximum absolute atomic E-state index is 12.0. The van der Waals surface area contributed by atoms with Crippen LogP contribution >= 0.6 is 11.6 Å². The molecule has 0 aliphatic heterocycles. The number of esters is 1. The number of ether oxygens (including phenoxy) is 1. The molecule has 2 rings (SSSR count). The molecule has 0 atom stereocenters. The van der Waals surface area contributed by atoms with Gasteiger partial charge in [0.2, 0.25) is 0 Å². The lowest BCUT2D eigenvalue weighted by Gasteiger charge is -2.08. The third-order valence-electron chi connectivity index (χ3n) is 3.10. The van der Waals surface area contributed by atoms with Gasteiger partial charge in [-0.25, -0.2) is 0 Å². The average molecular weight is 335 g/mol. The Morgan fingerprint density at radius 2 is 2.09 bits per heavy atom. The van der Waals surface area contributed by atoms with E-state index in [1.165, 1.54) is 19.4 Å². The minimum absolute atomic E-state index is 0.0534. The van der Waals surface area contributed by atoms with Crippen molar-refractivity contribution in [2.24, 2.45) is 0 Å². The van der Waals surface area contributed by atoms with Crippen LogP contribution < -0.4 is 5.32 Å². The van der Waals surface area contributed by atoms with Gasteiger partial charge in [0.1, 0.15) is 11.4 Å². The normalized spacial score (nSPS) is 10.2. The van der Waals surface area contributed by atoms with E-state index >= 15 is 0 Å². The number of carbonyl (C=O) groups excluding carboxylic acids is 2. The summed E-state index contributed by atoms with van der Waals surface area (Å²) < 4.78 is 4.49. The van der Waals surface area contributed by atoms with Gasteiger partial charge in [0.25, 0.3) is 5.91 Å². The molecule has 0 radical (unpaired) electrons. The second-order valence-electron chi connectivity index (χ2n) is 4.67. The van der Waals surface area contributed by atoms with E-state index in [1.54, 1.807) is 24.3 Å². The molecule has 0 saturated heterocycles. The number of hydrogen-bond donors (Lipinski definition) is 2. The largest absolute Gasteiger partial charge is 0.507 e. The fourth-order valence-corrected chi connectivity index (χ4v) is 2.10. The molecule has 120 valence electrons. The van der Waals surface area contributed by atoms with Crippen molar-refractivity contribution in [3.63, 3.8) is 0 Å². The SMILES string of the molecule is COC(=O)CCNC(=O)c1cc(-c2cc(Cl)ccc2O)ccn1. The molecule has 7 heteroatoms. The lowest BCUT2D eigenvalue weighted by Crippen LogP contribution is -2.27. The number of hydrogen-bond acceptors (Lipinski definition) is 5. The van der Waals surface area contributed by atoms with E-state index in [9.17, 15) is 14.7 Å². The van der Waals surface area contributed by atoms with Crippen molar-refractivity contribution in [1.29, 1.82) is 0 Å². The zero-order valence-corrected chi connectivity index (χ0v) is 13.1. The van der Waals surface area contributed by atoms with Gasteiger partial charge in [-0.15, -0.1) is 0 Å². The van der Waals surface area contributed by atoms with Crippen LogP contribution in [0.25, 0.3) is 11.1 Å². The quantitative estimate of drug-likeness (QED) is 0.820. The summed E-state index contributed by atoms with van der Waals surface area (Å²) >= 11 is 5.93. The number of pyridine rings is 1. The van der Waals surface area contributed by atoms with Gasteiger partial charge in [-0.05, 0) is 35.9 Å². The Kier molecular flexibility index (Phi) is 5.54. The first-order chi connectivity index (χ1) is 11.0. The zero-order valence-electron chi connectivity index (χ0n) is 12.4. The smallest absolute Gasteiger partial charge is 0.307 e. The zero-order chi connectivity index (χ0) is 16.8. The summed E-state index contributed by atoms with van der Waals surface area (Å²) in [5, 5.41) is 13.0. The molecule has 0 aliphatic carbocycles. The number of halogens is 1. The molecule has 1 amide bonds. The van der Waals surface area contributed by atoms with Gasteiger partial charge < -0.3 is 15.2 Å². The van der Waals surface area contributed by atoms with Gasteiger partial charge in [-0.2, -0.15) is 0 Å². The van der Waals surface area contributed by atoms with E-state index < -0.39 is 11.9 Å². The summed E-state index contributed by atoms with van der Waals surface area (Å²) in [5.74, 6) is -0.772. The first kappa shape index (κ1) is 16.8. The number of benzene rings is 1. The molecule has 0 spiro atoms. The van der Waals surface area contributed by atoms with Crippen molar-refractivity contribution in [2.75, 3.05) is 13.7 Å². The molecule has 1 aromatic carbocycles. The number of methoxy groups -OCH3 is 1. The fourth-order valence-electron chi connectivity index (χ4n) is 1.93. The molecular weight excluding hydrogens is 320 g/mol. The number of phenolic OH excluding ortho intramolecular Hbond substituents is 1. The minimum atomic E-state index is -0.419. The lowest BCUT2D eigenvalue weighted by atomic mass is 10.0. The second kappa shape index (κ2) is 7.60. The Balaban J connectivity index is 2.15. The number of rotatable bonds is 5. The molecule has 2 aromatic rings. The first-order valence-corrected chi connectivity index (χ1v) is 7.19. The van der Waals surface area contributed by atoms with Crippen LogP contribution in [0, 0.1) is 0 Å². The van der Waals surface area contributed by atoms with Crippen LogP contribution in [-0.4, -0.2) is 35.6 Å². The van der Waals surface area contributed by atoms with E-state index in [0.29, 0.717) is 16.1 Å². The van der Waals surface area contributed by atoms with Gasteiger partial charge >= 0.3 is 5.97 Å². The molecule has 0 unspecified atom stereocenters. The molecule has 6 nitrogen and oxygen atoms in total. The van der Waals surface area contributed by atoms with E-state index in [4.69, 9.17) is 11.6 Å². The van der Waals surface area contributed by atoms with Gasteiger partial charge in [0.05, 0.1) is 13.5 Å². The van der Waals surface area contributed by atoms with Crippen LogP contribution in [0.4, 0.5) is 0 Å². The summed E-state index contributed by atoms with van der Waals surface area (Å²) in [6.45, 7) is 0.153. The fraction of sp³-hybridized carbons (Fsp3) is 0.188. The number of phenols is 1. The van der Waals surface area contributed by atoms with Crippen molar-refractivity contribution < 1.29 is 19.4 Å². The van der Waals surface area contributed by atoms with Crippen LogP contribution in [0.15, 0.2) is 36.5 Å². The molecular formula is C16H15ClN2O4. The number of aromatic nitrogens is 1. The summed E-state index contributed by atoms with van der Waals surface area (Å²) in [6, 6.07) is 7.86. The highest BCUT2D eigenvalue weighted by Crippen LogP contribution is 2.31. The highest BCUT2D eigenvalue weighted by molar-refractivity contribution is 6.31. The Morgan fingerprint density at radius 1 is 1.30 bits per heavy atom. The van der Waals surface area contributed by atoms with Crippen LogP contribution in [0.3, 0.4) is 0 Å². The molecule has 0 saturated carbocycles. The lowest BCUT2D eigenvalue weighted by molar-refractivity contribution is -0.140. The number of aromatic hydroxyl groups is 1. The van der Waals surface area contributed by atoms with Gasteiger partial charge in [-0.1, -0.05) is 11.6 Å². The Labute approximate surface area is 138 Å². The minimum Gasteiger partial charge on any atom is -0.507 e. The summed E-state index contributed by atoms with van der Waals surface area (Å²) in [5.41, 5.74) is 1.29. The number of carbonyl (C=O) groups is 2. The predicted molar refractivity (Wildman–Crippen MR) is 85.3 cm³/mol. The maximum atomic E-state index is 12.0. The molecule has 0 fully saturated rings. The van der Waals surface area contributed by atoms with Crippen molar-refractivity contribution in [3.05, 3.63) is 47.2 Å². The van der Waals surface area contributed by atoms with Gasteiger partial charge in [-0.3, -0.25) is 14.6 Å². The third-order valence-corrected chi connectivity index (χ3v) is 3.34. The van der Waals surface area contributed by atoms with E-state index in [1.807, 2.05) is 0 Å². The summed E-state index contributed by atoms with van der Waals surface area (Å²) in [7, 11) is 1.28.